The van der Waals surface area contributed by atoms with E-state index in [4.69, 9.17) is 43.1 Å². The summed E-state index contributed by atoms with van der Waals surface area (Å²) < 4.78 is 16.9. The van der Waals surface area contributed by atoms with Crippen molar-refractivity contribution in [2.24, 2.45) is 5.73 Å². The summed E-state index contributed by atoms with van der Waals surface area (Å²) in [6.07, 6.45) is -0.998. The Morgan fingerprint density at radius 2 is 1.52 bits per heavy atom. The molecule has 0 aliphatic heterocycles. The van der Waals surface area contributed by atoms with Crippen LogP contribution < -0.4 is 15.2 Å². The van der Waals surface area contributed by atoms with Crippen LogP contribution in [0.15, 0.2) is 78.9 Å². The molecule has 0 saturated carbocycles. The average molecular weight is 722 g/mol. The van der Waals surface area contributed by atoms with Crippen LogP contribution in [0.1, 0.15) is 61.4 Å². The highest BCUT2D eigenvalue weighted by molar-refractivity contribution is 6.37. The highest BCUT2D eigenvalue weighted by Crippen LogP contribution is 2.35. The lowest BCUT2D eigenvalue weighted by atomic mass is 9.85. The highest BCUT2D eigenvalue weighted by atomic mass is 35.5. The van der Waals surface area contributed by atoms with Gasteiger partial charge in [-0.2, -0.15) is 0 Å². The van der Waals surface area contributed by atoms with Crippen molar-refractivity contribution in [3.05, 3.63) is 117 Å². The number of carbonyl (C=O) groups is 2. The van der Waals surface area contributed by atoms with Crippen LogP contribution in [-0.4, -0.2) is 53.6 Å². The molecule has 0 aromatic heterocycles. The number of primary amides is 1. The van der Waals surface area contributed by atoms with Crippen LogP contribution in [0, 0.1) is 13.8 Å². The van der Waals surface area contributed by atoms with E-state index in [1.807, 2.05) is 83.1 Å². The monoisotopic (exact) mass is 720 g/mol. The van der Waals surface area contributed by atoms with Gasteiger partial charge in [0.1, 0.15) is 25.1 Å². The summed E-state index contributed by atoms with van der Waals surface area (Å²) in [5, 5.41) is 11.1. The maximum absolute atomic E-state index is 12.4. The number of hydrogen-bond acceptors (Lipinski definition) is 5. The first-order valence-electron chi connectivity index (χ1n) is 16.6. The van der Waals surface area contributed by atoms with Crippen LogP contribution in [-0.2, 0) is 17.6 Å². The summed E-state index contributed by atoms with van der Waals surface area (Å²) in [6, 6.07) is 25.8. The molecule has 0 spiro atoms. The van der Waals surface area contributed by atoms with Gasteiger partial charge < -0.3 is 30.0 Å². The van der Waals surface area contributed by atoms with E-state index in [0.717, 1.165) is 38.9 Å². The van der Waals surface area contributed by atoms with Crippen molar-refractivity contribution in [3.63, 3.8) is 0 Å². The molecule has 3 N–H and O–H groups in total. The SMILES string of the molecule is Cc1cc(Cl)c(OCCOc2ccc(CC(CN(C(=O)O)C(C)(C)C)c3ccc(-c4ccccc4CC(C)OC(N)=O)cc3C)cc2)c(Cl)c1. The number of ether oxygens (including phenoxy) is 3. The molecule has 266 valence electrons. The summed E-state index contributed by atoms with van der Waals surface area (Å²) >= 11 is 12.6. The number of nitrogens with zero attached hydrogens (tertiary/aromatic N) is 1. The van der Waals surface area contributed by atoms with Crippen LogP contribution in [0.2, 0.25) is 10.0 Å². The Labute approximate surface area is 305 Å². The first-order valence-corrected chi connectivity index (χ1v) is 17.3. The van der Waals surface area contributed by atoms with Gasteiger partial charge in [0.05, 0.1) is 10.0 Å². The second kappa shape index (κ2) is 17.0. The van der Waals surface area contributed by atoms with Gasteiger partial charge >= 0.3 is 12.2 Å². The van der Waals surface area contributed by atoms with Gasteiger partial charge in [-0.3, -0.25) is 0 Å². The van der Waals surface area contributed by atoms with Crippen molar-refractivity contribution < 1.29 is 28.9 Å². The summed E-state index contributed by atoms with van der Waals surface area (Å²) in [4.78, 5) is 25.2. The van der Waals surface area contributed by atoms with Crippen molar-refractivity contribution in [3.8, 4) is 22.6 Å². The van der Waals surface area contributed by atoms with E-state index >= 15 is 0 Å². The van der Waals surface area contributed by atoms with E-state index in [1.54, 1.807) is 12.1 Å². The highest BCUT2D eigenvalue weighted by Gasteiger charge is 2.30. The van der Waals surface area contributed by atoms with Gasteiger partial charge in [0.25, 0.3) is 0 Å². The summed E-state index contributed by atoms with van der Waals surface area (Å²) in [5.41, 5.74) is 11.9. The third kappa shape index (κ3) is 10.6. The van der Waals surface area contributed by atoms with Gasteiger partial charge in [0.2, 0.25) is 0 Å². The molecule has 0 heterocycles. The zero-order valence-electron chi connectivity index (χ0n) is 29.5. The number of hydrogen-bond donors (Lipinski definition) is 2. The largest absolute Gasteiger partial charge is 0.490 e. The van der Waals surface area contributed by atoms with Crippen LogP contribution in [0.25, 0.3) is 11.1 Å². The van der Waals surface area contributed by atoms with E-state index in [0.29, 0.717) is 47.5 Å². The maximum Gasteiger partial charge on any atom is 0.407 e. The summed E-state index contributed by atoms with van der Waals surface area (Å²) in [6.45, 7) is 12.4. The Balaban J connectivity index is 1.53. The van der Waals surface area contributed by atoms with Crippen LogP contribution in [0.3, 0.4) is 0 Å². The zero-order valence-corrected chi connectivity index (χ0v) is 31.0. The minimum atomic E-state index is -0.961. The van der Waals surface area contributed by atoms with E-state index in [2.05, 4.69) is 25.1 Å². The van der Waals surface area contributed by atoms with Crippen LogP contribution in [0.4, 0.5) is 9.59 Å². The van der Waals surface area contributed by atoms with Crippen LogP contribution >= 0.6 is 23.2 Å². The summed E-state index contributed by atoms with van der Waals surface area (Å²) in [7, 11) is 0. The molecule has 2 unspecified atom stereocenters. The number of nitrogens with two attached hydrogens (primary N) is 1. The van der Waals surface area contributed by atoms with Crippen LogP contribution in [0.5, 0.6) is 11.5 Å². The molecule has 4 aromatic carbocycles. The van der Waals surface area contributed by atoms with Gasteiger partial charge in [0.15, 0.2) is 5.75 Å². The lowest BCUT2D eigenvalue weighted by molar-refractivity contribution is 0.0955. The molecule has 2 atom stereocenters. The molecule has 0 saturated heterocycles. The molecule has 4 rings (SSSR count). The number of amides is 2. The second-order valence-electron chi connectivity index (χ2n) is 13.5. The van der Waals surface area contributed by atoms with E-state index in [1.165, 1.54) is 4.90 Å². The maximum atomic E-state index is 12.4. The molecule has 8 nitrogen and oxygen atoms in total. The molecule has 10 heteroatoms. The fourth-order valence-corrected chi connectivity index (χ4v) is 6.80. The third-order valence-electron chi connectivity index (χ3n) is 8.45. The molecule has 2 amide bonds. The molecule has 50 heavy (non-hydrogen) atoms. The molecular formula is C40H46Cl2N2O6. The molecule has 4 aromatic rings. The predicted molar refractivity (Wildman–Crippen MR) is 200 cm³/mol. The lowest BCUT2D eigenvalue weighted by Crippen LogP contribution is -2.47. The number of benzene rings is 4. The minimum Gasteiger partial charge on any atom is -0.490 e. The zero-order chi connectivity index (χ0) is 36.6. The Morgan fingerprint density at radius 1 is 0.880 bits per heavy atom. The van der Waals surface area contributed by atoms with Gasteiger partial charge in [-0.05, 0) is 111 Å². The van der Waals surface area contributed by atoms with Gasteiger partial charge in [-0.1, -0.05) is 77.8 Å². The third-order valence-corrected chi connectivity index (χ3v) is 9.01. The fraction of sp³-hybridized carbons (Fsp3) is 0.350. The standard InChI is InChI=1S/C40H46Cl2N2O6/c1-25-19-35(41)37(36(42)20-25)49-18-17-48-32-14-11-28(12-15-32)23-31(24-44(39(46)47)40(4,5)6)33-16-13-30(21-26(33)2)34-10-8-7-9-29(34)22-27(3)50-38(43)45/h7-16,19-21,27,31H,17-18,22-24H2,1-6H3,(H2,43,45)(H,46,47). The number of halogens is 2. The van der Waals surface area contributed by atoms with E-state index in [9.17, 15) is 14.7 Å². The fourth-order valence-electron chi connectivity index (χ4n) is 6.10. The first kappa shape index (κ1) is 38.4. The van der Waals surface area contributed by atoms with Crippen molar-refractivity contribution >= 4 is 35.4 Å². The number of carboxylic acid groups (broad SMARTS) is 1. The smallest absolute Gasteiger partial charge is 0.407 e. The number of carbonyl (C=O) groups excluding carboxylic acids is 1. The molecule has 0 bridgehead atoms. The van der Waals surface area contributed by atoms with Gasteiger partial charge in [-0.25, -0.2) is 9.59 Å². The van der Waals surface area contributed by atoms with Crippen molar-refractivity contribution in [1.82, 2.24) is 4.90 Å². The molecule has 0 aliphatic rings. The first-order chi connectivity index (χ1) is 23.6. The Morgan fingerprint density at radius 3 is 2.12 bits per heavy atom. The van der Waals surface area contributed by atoms with Crippen molar-refractivity contribution in [1.29, 1.82) is 0 Å². The minimum absolute atomic E-state index is 0.122. The second-order valence-corrected chi connectivity index (χ2v) is 14.4. The average Bonchev–Trinajstić information content (AvgIpc) is 3.02. The summed E-state index contributed by atoms with van der Waals surface area (Å²) in [5.74, 6) is 1.00. The van der Waals surface area contributed by atoms with E-state index in [-0.39, 0.29) is 18.6 Å². The van der Waals surface area contributed by atoms with Gasteiger partial charge in [-0.15, -0.1) is 0 Å². The van der Waals surface area contributed by atoms with Gasteiger partial charge in [0, 0.05) is 24.4 Å². The Hall–Kier alpha value is -4.40. The molecule has 0 aliphatic carbocycles. The Kier molecular flexibility index (Phi) is 13.1. The number of aryl methyl sites for hydroxylation is 2. The number of rotatable bonds is 14. The lowest BCUT2D eigenvalue weighted by Gasteiger charge is -2.36. The Bertz CT molecular complexity index is 1760. The normalized spacial score (nSPS) is 12.6. The van der Waals surface area contributed by atoms with Crippen molar-refractivity contribution in [2.75, 3.05) is 19.8 Å². The van der Waals surface area contributed by atoms with E-state index < -0.39 is 17.7 Å². The molecule has 0 fully saturated rings. The quantitative estimate of drug-likeness (QED) is 0.125. The topological polar surface area (TPSA) is 111 Å². The predicted octanol–water partition coefficient (Wildman–Crippen LogP) is 9.87. The molecule has 0 radical (unpaired) electrons. The van der Waals surface area contributed by atoms with Crippen molar-refractivity contribution in [2.45, 2.75) is 71.9 Å². The molecular weight excluding hydrogens is 675 g/mol.